The number of carbonyl (C=O) groups is 2. The van der Waals surface area contributed by atoms with Crippen molar-refractivity contribution < 1.29 is 32.2 Å². The average molecular weight is 360 g/mol. The van der Waals surface area contributed by atoms with Gasteiger partial charge in [-0.1, -0.05) is 0 Å². The number of halogens is 3. The van der Waals surface area contributed by atoms with Crippen LogP contribution in [-0.4, -0.2) is 68.2 Å². The topological polar surface area (TPSA) is 59.1 Å². The Morgan fingerprint density at radius 1 is 0.920 bits per heavy atom. The monoisotopic (exact) mass is 360 g/mol. The largest absolute Gasteiger partial charge is 0.497 e. The first-order valence-electron chi connectivity index (χ1n) is 7.64. The Morgan fingerprint density at radius 3 is 1.96 bits per heavy atom. The molecule has 1 fully saturated rings. The van der Waals surface area contributed by atoms with Crippen LogP contribution in [0, 0.1) is 0 Å². The van der Waals surface area contributed by atoms with Crippen LogP contribution in [0.25, 0.3) is 0 Å². The zero-order chi connectivity index (χ0) is 18.6. The molecule has 0 unspecified atom stereocenters. The smallest absolute Gasteiger partial charge is 0.471 e. The van der Waals surface area contributed by atoms with Crippen LogP contribution >= 0.6 is 0 Å². The first-order valence-corrected chi connectivity index (χ1v) is 7.64. The van der Waals surface area contributed by atoms with Crippen LogP contribution < -0.4 is 9.47 Å². The Morgan fingerprint density at radius 2 is 1.44 bits per heavy atom. The summed E-state index contributed by atoms with van der Waals surface area (Å²) in [5, 5.41) is 0. The number of hydrogen-bond donors (Lipinski definition) is 0. The number of rotatable bonds is 3. The van der Waals surface area contributed by atoms with Crippen molar-refractivity contribution in [3.8, 4) is 11.5 Å². The highest BCUT2D eigenvalue weighted by Gasteiger charge is 2.42. The van der Waals surface area contributed by atoms with Gasteiger partial charge in [0.2, 0.25) is 0 Å². The van der Waals surface area contributed by atoms with Crippen LogP contribution in [0.5, 0.6) is 11.5 Å². The van der Waals surface area contributed by atoms with Gasteiger partial charge < -0.3 is 19.3 Å². The lowest BCUT2D eigenvalue weighted by Gasteiger charge is -2.23. The molecule has 0 bridgehead atoms. The zero-order valence-corrected chi connectivity index (χ0v) is 13.9. The summed E-state index contributed by atoms with van der Waals surface area (Å²) < 4.78 is 47.9. The minimum atomic E-state index is -4.90. The molecule has 1 aliphatic heterocycles. The van der Waals surface area contributed by atoms with Crippen LogP contribution in [0.4, 0.5) is 13.2 Å². The Hall–Kier alpha value is -2.45. The van der Waals surface area contributed by atoms with Gasteiger partial charge in [0.15, 0.2) is 0 Å². The Balaban J connectivity index is 2.12. The lowest BCUT2D eigenvalue weighted by Crippen LogP contribution is -2.43. The van der Waals surface area contributed by atoms with Crippen molar-refractivity contribution in [2.45, 2.75) is 12.6 Å². The third-order valence-corrected chi connectivity index (χ3v) is 3.91. The van der Waals surface area contributed by atoms with Gasteiger partial charge in [0.05, 0.1) is 14.2 Å². The van der Waals surface area contributed by atoms with Crippen molar-refractivity contribution in [2.75, 3.05) is 40.4 Å². The SMILES string of the molecule is COc1cc(OC)cc(C(=O)N2CCCN(C(=O)C(F)(F)F)CC2)c1. The summed E-state index contributed by atoms with van der Waals surface area (Å²) in [7, 11) is 2.91. The molecule has 0 N–H and O–H groups in total. The number of benzene rings is 1. The Bertz CT molecular complexity index is 627. The molecule has 0 atom stereocenters. The van der Waals surface area contributed by atoms with Gasteiger partial charge in [-0.05, 0) is 18.6 Å². The van der Waals surface area contributed by atoms with E-state index in [9.17, 15) is 22.8 Å². The van der Waals surface area contributed by atoms with Gasteiger partial charge in [0, 0.05) is 37.8 Å². The van der Waals surface area contributed by atoms with E-state index in [4.69, 9.17) is 9.47 Å². The molecule has 0 aliphatic carbocycles. The van der Waals surface area contributed by atoms with Crippen LogP contribution in [-0.2, 0) is 4.79 Å². The third-order valence-electron chi connectivity index (χ3n) is 3.91. The maximum Gasteiger partial charge on any atom is 0.471 e. The Kier molecular flexibility index (Phi) is 5.76. The predicted octanol–water partition coefficient (Wildman–Crippen LogP) is 1.94. The fourth-order valence-electron chi connectivity index (χ4n) is 2.62. The molecule has 138 valence electrons. The summed E-state index contributed by atoms with van der Waals surface area (Å²) in [4.78, 5) is 26.2. The van der Waals surface area contributed by atoms with Gasteiger partial charge in [-0.3, -0.25) is 9.59 Å². The van der Waals surface area contributed by atoms with E-state index < -0.39 is 12.1 Å². The molecule has 2 amide bonds. The van der Waals surface area contributed by atoms with Crippen LogP contribution in [0.15, 0.2) is 18.2 Å². The Labute approximate surface area is 143 Å². The van der Waals surface area contributed by atoms with E-state index in [2.05, 4.69) is 0 Å². The quantitative estimate of drug-likeness (QED) is 0.827. The van der Waals surface area contributed by atoms with E-state index in [1.54, 1.807) is 6.07 Å². The second kappa shape index (κ2) is 7.62. The van der Waals surface area contributed by atoms with Gasteiger partial charge >= 0.3 is 12.1 Å². The first kappa shape index (κ1) is 18.9. The maximum absolute atomic E-state index is 12.7. The molecule has 1 aromatic rings. The highest BCUT2D eigenvalue weighted by atomic mass is 19.4. The summed E-state index contributed by atoms with van der Waals surface area (Å²) in [6.45, 7) is 0.0922. The molecule has 2 rings (SSSR count). The highest BCUT2D eigenvalue weighted by Crippen LogP contribution is 2.24. The number of methoxy groups -OCH3 is 2. The molecule has 0 radical (unpaired) electrons. The number of alkyl halides is 3. The van der Waals surface area contributed by atoms with E-state index in [0.29, 0.717) is 17.1 Å². The summed E-state index contributed by atoms with van der Waals surface area (Å²) in [6, 6.07) is 4.69. The van der Waals surface area contributed by atoms with Crippen molar-refractivity contribution in [3.63, 3.8) is 0 Å². The molecular formula is C16H19F3N2O4. The van der Waals surface area contributed by atoms with E-state index in [-0.39, 0.29) is 38.5 Å². The molecule has 0 aromatic heterocycles. The lowest BCUT2D eigenvalue weighted by molar-refractivity contribution is -0.185. The summed E-state index contributed by atoms with van der Waals surface area (Å²) >= 11 is 0. The molecule has 0 saturated carbocycles. The molecule has 1 saturated heterocycles. The maximum atomic E-state index is 12.7. The molecular weight excluding hydrogens is 341 g/mol. The fraction of sp³-hybridized carbons (Fsp3) is 0.500. The molecule has 0 spiro atoms. The molecule has 1 heterocycles. The molecule has 1 aliphatic rings. The minimum Gasteiger partial charge on any atom is -0.497 e. The number of nitrogens with zero attached hydrogens (tertiary/aromatic N) is 2. The molecule has 6 nitrogen and oxygen atoms in total. The lowest BCUT2D eigenvalue weighted by atomic mass is 10.1. The fourth-order valence-corrected chi connectivity index (χ4v) is 2.62. The van der Waals surface area contributed by atoms with E-state index in [1.807, 2.05) is 0 Å². The minimum absolute atomic E-state index is 0.0280. The van der Waals surface area contributed by atoms with Crippen molar-refractivity contribution in [2.24, 2.45) is 0 Å². The molecule has 25 heavy (non-hydrogen) atoms. The van der Waals surface area contributed by atoms with Gasteiger partial charge in [-0.2, -0.15) is 13.2 Å². The zero-order valence-electron chi connectivity index (χ0n) is 13.9. The summed E-state index contributed by atoms with van der Waals surface area (Å²) in [6.07, 6.45) is -4.63. The van der Waals surface area contributed by atoms with Crippen LogP contribution in [0.1, 0.15) is 16.8 Å². The van der Waals surface area contributed by atoms with Crippen LogP contribution in [0.2, 0.25) is 0 Å². The highest BCUT2D eigenvalue weighted by molar-refractivity contribution is 5.95. The van der Waals surface area contributed by atoms with Crippen LogP contribution in [0.3, 0.4) is 0 Å². The first-order chi connectivity index (χ1) is 11.8. The van der Waals surface area contributed by atoms with Crippen molar-refractivity contribution in [3.05, 3.63) is 23.8 Å². The van der Waals surface area contributed by atoms with Gasteiger partial charge in [-0.25, -0.2) is 0 Å². The predicted molar refractivity (Wildman–Crippen MR) is 82.7 cm³/mol. The third kappa shape index (κ3) is 4.55. The second-order valence-corrected chi connectivity index (χ2v) is 5.54. The number of carbonyl (C=O) groups excluding carboxylic acids is 2. The molecule has 9 heteroatoms. The van der Waals surface area contributed by atoms with Crippen molar-refractivity contribution in [1.82, 2.24) is 9.80 Å². The molecule has 1 aromatic carbocycles. The average Bonchev–Trinajstić information content (AvgIpc) is 2.85. The normalized spacial score (nSPS) is 15.6. The number of hydrogen-bond acceptors (Lipinski definition) is 4. The van der Waals surface area contributed by atoms with Gasteiger partial charge in [0.1, 0.15) is 11.5 Å². The summed E-state index contributed by atoms with van der Waals surface area (Å²) in [5.74, 6) is -1.35. The van der Waals surface area contributed by atoms with E-state index in [1.165, 1.54) is 31.3 Å². The number of ether oxygens (including phenoxy) is 2. The van der Waals surface area contributed by atoms with Gasteiger partial charge in [0.25, 0.3) is 5.91 Å². The van der Waals surface area contributed by atoms with E-state index >= 15 is 0 Å². The van der Waals surface area contributed by atoms with Crippen molar-refractivity contribution in [1.29, 1.82) is 0 Å². The van der Waals surface area contributed by atoms with E-state index in [0.717, 1.165) is 4.90 Å². The summed E-state index contributed by atoms with van der Waals surface area (Å²) in [5.41, 5.74) is 0.312. The van der Waals surface area contributed by atoms with Gasteiger partial charge in [-0.15, -0.1) is 0 Å². The number of amides is 2. The van der Waals surface area contributed by atoms with Crippen molar-refractivity contribution >= 4 is 11.8 Å². The second-order valence-electron chi connectivity index (χ2n) is 5.54. The standard InChI is InChI=1S/C16H19F3N2O4/c1-24-12-8-11(9-13(10-12)25-2)14(22)20-4-3-5-21(7-6-20)15(23)16(17,18)19/h8-10H,3-7H2,1-2H3.